The van der Waals surface area contributed by atoms with Crippen LogP contribution < -0.4 is 11.2 Å². The molecule has 0 aliphatic carbocycles. The van der Waals surface area contributed by atoms with Gasteiger partial charge in [0.1, 0.15) is 5.75 Å². The van der Waals surface area contributed by atoms with Crippen molar-refractivity contribution in [3.63, 3.8) is 0 Å². The highest BCUT2D eigenvalue weighted by atomic mass is 35.5. The van der Waals surface area contributed by atoms with Crippen LogP contribution in [0.4, 0.5) is 5.69 Å². The Morgan fingerprint density at radius 3 is 2.55 bits per heavy atom. The van der Waals surface area contributed by atoms with Crippen LogP contribution in [0.15, 0.2) is 35.7 Å². The van der Waals surface area contributed by atoms with Crippen LogP contribution in [0, 0.1) is 0 Å². The number of primary amides is 1. The largest absolute Gasteiger partial charge is 0.507 e. The van der Waals surface area contributed by atoms with E-state index in [2.05, 4.69) is 15.5 Å². The highest BCUT2D eigenvalue weighted by Crippen LogP contribution is 2.28. The van der Waals surface area contributed by atoms with E-state index in [1.165, 1.54) is 24.5 Å². The summed E-state index contributed by atoms with van der Waals surface area (Å²) in [5.74, 6) is -0.905. The van der Waals surface area contributed by atoms with Crippen molar-refractivity contribution in [3.8, 4) is 5.75 Å². The summed E-state index contributed by atoms with van der Waals surface area (Å²) in [5, 5.41) is 14.4. The van der Waals surface area contributed by atoms with E-state index in [0.717, 1.165) is 0 Å². The summed E-state index contributed by atoms with van der Waals surface area (Å²) in [7, 11) is 0. The topological polar surface area (TPSA) is 101 Å². The molecule has 2 aromatic rings. The van der Waals surface area contributed by atoms with Gasteiger partial charge in [0.25, 0.3) is 5.91 Å². The minimum atomic E-state index is -0.722. The number of anilines is 1. The fourth-order valence-corrected chi connectivity index (χ4v) is 2.13. The third-order valence-electron chi connectivity index (χ3n) is 2.87. The summed E-state index contributed by atoms with van der Waals surface area (Å²) in [6.07, 6.45) is 2.87. The van der Waals surface area contributed by atoms with E-state index in [-0.39, 0.29) is 11.3 Å². The number of hydrazone groups is 1. The fraction of sp³-hybridized carbons (Fsp3) is 0.0714. The molecule has 0 aliphatic heterocycles. The smallest absolute Gasteiger partial charge is 0.252 e. The number of nitrogens with two attached hydrogens (primary N) is 1. The number of amides is 1. The molecule has 8 heteroatoms. The fourth-order valence-electron chi connectivity index (χ4n) is 1.68. The third-order valence-corrected chi connectivity index (χ3v) is 3.44. The number of halogens is 2. The summed E-state index contributed by atoms with van der Waals surface area (Å²) in [6.45, 7) is 1.72. The van der Waals surface area contributed by atoms with Crippen molar-refractivity contribution in [3.05, 3.63) is 51.8 Å². The van der Waals surface area contributed by atoms with Gasteiger partial charge in [-0.25, -0.2) is 0 Å². The minimum Gasteiger partial charge on any atom is -0.507 e. The number of aromatic nitrogens is 1. The van der Waals surface area contributed by atoms with Crippen molar-refractivity contribution in [2.75, 3.05) is 5.43 Å². The lowest BCUT2D eigenvalue weighted by molar-refractivity contribution is 0.0998. The van der Waals surface area contributed by atoms with Gasteiger partial charge in [0.05, 0.1) is 27.0 Å². The van der Waals surface area contributed by atoms with Crippen LogP contribution in [0.25, 0.3) is 0 Å². The zero-order valence-corrected chi connectivity index (χ0v) is 13.0. The van der Waals surface area contributed by atoms with Crippen molar-refractivity contribution in [2.45, 2.75) is 6.92 Å². The van der Waals surface area contributed by atoms with Gasteiger partial charge >= 0.3 is 0 Å². The van der Waals surface area contributed by atoms with Gasteiger partial charge in [-0.1, -0.05) is 23.2 Å². The summed E-state index contributed by atoms with van der Waals surface area (Å²) in [6, 6.07) is 4.44. The molecule has 114 valence electrons. The number of hydrogen-bond donors (Lipinski definition) is 3. The minimum absolute atomic E-state index is 0.0204. The number of rotatable bonds is 4. The molecule has 0 unspecified atom stereocenters. The maximum absolute atomic E-state index is 11.2. The first-order chi connectivity index (χ1) is 10.4. The molecule has 0 atom stereocenters. The van der Waals surface area contributed by atoms with Crippen molar-refractivity contribution >= 4 is 40.5 Å². The predicted octanol–water partition coefficient (Wildman–Crippen LogP) is 3.03. The van der Waals surface area contributed by atoms with Gasteiger partial charge in [-0.3, -0.25) is 15.2 Å². The second kappa shape index (κ2) is 6.64. The average molecular weight is 339 g/mol. The van der Waals surface area contributed by atoms with Crippen LogP contribution >= 0.6 is 23.2 Å². The summed E-state index contributed by atoms with van der Waals surface area (Å²) in [5.41, 5.74) is 9.54. The van der Waals surface area contributed by atoms with Gasteiger partial charge in [0.2, 0.25) is 0 Å². The predicted molar refractivity (Wildman–Crippen MR) is 86.7 cm³/mol. The quantitative estimate of drug-likeness (QED) is 0.589. The maximum atomic E-state index is 11.2. The molecule has 6 nitrogen and oxygen atoms in total. The molecule has 0 saturated heterocycles. The number of nitrogens with one attached hydrogen (secondary N) is 1. The van der Waals surface area contributed by atoms with Crippen LogP contribution in [0.3, 0.4) is 0 Å². The van der Waals surface area contributed by atoms with E-state index in [0.29, 0.717) is 27.0 Å². The van der Waals surface area contributed by atoms with Crippen molar-refractivity contribution in [1.82, 2.24) is 4.98 Å². The molecule has 0 spiro atoms. The van der Waals surface area contributed by atoms with Crippen LogP contribution in [-0.4, -0.2) is 21.7 Å². The molecule has 22 heavy (non-hydrogen) atoms. The summed E-state index contributed by atoms with van der Waals surface area (Å²) < 4.78 is 0. The monoisotopic (exact) mass is 338 g/mol. The number of aromatic hydroxyl groups is 1. The molecular formula is C14H12Cl2N4O2. The zero-order chi connectivity index (χ0) is 16.3. The van der Waals surface area contributed by atoms with Gasteiger partial charge in [-0.2, -0.15) is 5.10 Å². The molecule has 0 fully saturated rings. The van der Waals surface area contributed by atoms with Gasteiger partial charge in [-0.15, -0.1) is 0 Å². The van der Waals surface area contributed by atoms with E-state index in [1.54, 1.807) is 13.0 Å². The number of benzene rings is 1. The van der Waals surface area contributed by atoms with Crippen molar-refractivity contribution in [2.24, 2.45) is 10.8 Å². The Balaban J connectivity index is 2.30. The Morgan fingerprint density at radius 2 is 1.95 bits per heavy atom. The lowest BCUT2D eigenvalue weighted by Gasteiger charge is -2.08. The number of hydrogen-bond acceptors (Lipinski definition) is 5. The lowest BCUT2D eigenvalue weighted by Crippen LogP contribution is -2.12. The Morgan fingerprint density at radius 1 is 1.32 bits per heavy atom. The molecule has 4 N–H and O–H groups in total. The number of phenols is 1. The highest BCUT2D eigenvalue weighted by molar-refractivity contribution is 6.38. The van der Waals surface area contributed by atoms with Crippen LogP contribution in [0.2, 0.25) is 10.0 Å². The van der Waals surface area contributed by atoms with Gasteiger partial charge in [0, 0.05) is 12.4 Å². The Hall–Kier alpha value is -2.31. The summed E-state index contributed by atoms with van der Waals surface area (Å²) in [4.78, 5) is 15.1. The standard InChI is InChI=1S/C14H12Cl2N4O2/c1-7(8-2-3-12(21)9(4-8)14(17)22)19-20-13-10(15)5-18-6-11(13)16/h2-6,21H,1H3,(H2,17,22)(H,18,20). The SMILES string of the molecule is CC(=NNc1c(Cl)cncc1Cl)c1ccc(O)c(C(N)=O)c1. The number of nitrogens with zero attached hydrogens (tertiary/aromatic N) is 2. The molecule has 2 rings (SSSR count). The zero-order valence-electron chi connectivity index (χ0n) is 11.5. The number of pyridine rings is 1. The Bertz CT molecular complexity index is 742. The van der Waals surface area contributed by atoms with Crippen LogP contribution in [0.5, 0.6) is 5.75 Å². The first kappa shape index (κ1) is 16.1. The van der Waals surface area contributed by atoms with Gasteiger partial charge in [0.15, 0.2) is 0 Å². The molecule has 1 aromatic carbocycles. The van der Waals surface area contributed by atoms with Crippen molar-refractivity contribution in [1.29, 1.82) is 0 Å². The molecule has 1 heterocycles. The second-order valence-corrected chi connectivity index (χ2v) is 5.20. The molecule has 0 saturated carbocycles. The lowest BCUT2D eigenvalue weighted by atomic mass is 10.1. The maximum Gasteiger partial charge on any atom is 0.252 e. The number of carbonyl (C=O) groups is 1. The normalized spacial score (nSPS) is 11.3. The van der Waals surface area contributed by atoms with E-state index in [9.17, 15) is 9.90 Å². The molecule has 1 aromatic heterocycles. The first-order valence-corrected chi connectivity index (χ1v) is 6.88. The third kappa shape index (κ3) is 3.47. The Kier molecular flexibility index (Phi) is 4.85. The van der Waals surface area contributed by atoms with E-state index >= 15 is 0 Å². The van der Waals surface area contributed by atoms with Crippen LogP contribution in [0.1, 0.15) is 22.8 Å². The molecular weight excluding hydrogens is 327 g/mol. The average Bonchev–Trinajstić information content (AvgIpc) is 2.46. The van der Waals surface area contributed by atoms with E-state index < -0.39 is 5.91 Å². The van der Waals surface area contributed by atoms with Gasteiger partial charge in [-0.05, 0) is 30.7 Å². The molecule has 0 bridgehead atoms. The van der Waals surface area contributed by atoms with E-state index in [4.69, 9.17) is 28.9 Å². The van der Waals surface area contributed by atoms with E-state index in [1.807, 2.05) is 0 Å². The molecule has 0 aliphatic rings. The molecule has 0 radical (unpaired) electrons. The van der Waals surface area contributed by atoms with Crippen LogP contribution in [-0.2, 0) is 0 Å². The number of carbonyl (C=O) groups excluding carboxylic acids is 1. The summed E-state index contributed by atoms with van der Waals surface area (Å²) >= 11 is 11.9. The first-order valence-electron chi connectivity index (χ1n) is 6.12. The van der Waals surface area contributed by atoms with Gasteiger partial charge < -0.3 is 10.8 Å². The highest BCUT2D eigenvalue weighted by Gasteiger charge is 2.10. The van der Waals surface area contributed by atoms with Crippen molar-refractivity contribution < 1.29 is 9.90 Å². The Labute approximate surface area is 136 Å². The molecule has 1 amide bonds. The second-order valence-electron chi connectivity index (χ2n) is 4.38.